The Kier molecular flexibility index (Phi) is 5.76. The van der Waals surface area contributed by atoms with Gasteiger partial charge in [0.25, 0.3) is 0 Å². The molecule has 0 aliphatic heterocycles. The molecule has 0 aliphatic carbocycles. The molecular weight excluding hydrogens is 263 g/mol. The second-order valence-electron chi connectivity index (χ2n) is 5.10. The third-order valence-corrected chi connectivity index (χ3v) is 3.70. The van der Waals surface area contributed by atoms with Crippen molar-refractivity contribution in [2.75, 3.05) is 18.4 Å². The smallest absolute Gasteiger partial charge is 0.123 e. The van der Waals surface area contributed by atoms with Gasteiger partial charge in [-0.05, 0) is 42.4 Å². The van der Waals surface area contributed by atoms with E-state index in [2.05, 4.69) is 42.3 Å². The highest BCUT2D eigenvalue weighted by Gasteiger charge is 2.06. The van der Waals surface area contributed by atoms with Gasteiger partial charge in [-0.1, -0.05) is 44.2 Å². The van der Waals surface area contributed by atoms with E-state index >= 15 is 0 Å². The number of hydrogen-bond donors (Lipinski definition) is 1. The van der Waals surface area contributed by atoms with Crippen molar-refractivity contribution in [3.05, 3.63) is 65.5 Å². The summed E-state index contributed by atoms with van der Waals surface area (Å²) in [6.07, 6.45) is 0. The lowest BCUT2D eigenvalue weighted by molar-refractivity contribution is 0.296. The maximum absolute atomic E-state index is 12.9. The van der Waals surface area contributed by atoms with E-state index in [1.54, 1.807) is 0 Å². The Hall–Kier alpha value is -1.87. The summed E-state index contributed by atoms with van der Waals surface area (Å²) in [6, 6.07) is 15.0. The Morgan fingerprint density at radius 2 is 1.62 bits per heavy atom. The van der Waals surface area contributed by atoms with Crippen LogP contribution in [0.15, 0.2) is 48.5 Å². The Morgan fingerprint density at radius 1 is 0.952 bits per heavy atom. The molecule has 0 bridgehead atoms. The average Bonchev–Trinajstić information content (AvgIpc) is 2.53. The minimum atomic E-state index is -0.194. The van der Waals surface area contributed by atoms with E-state index in [-0.39, 0.29) is 5.82 Å². The molecule has 2 nitrogen and oxygen atoms in total. The predicted molar refractivity (Wildman–Crippen MR) is 86.8 cm³/mol. The molecule has 0 aliphatic rings. The fourth-order valence-electron chi connectivity index (χ4n) is 2.32. The van der Waals surface area contributed by atoms with Gasteiger partial charge in [0.15, 0.2) is 0 Å². The maximum Gasteiger partial charge on any atom is 0.123 e. The van der Waals surface area contributed by atoms with Crippen LogP contribution >= 0.6 is 0 Å². The van der Waals surface area contributed by atoms with Gasteiger partial charge in [0.1, 0.15) is 5.82 Å². The molecule has 0 heterocycles. The molecule has 2 rings (SSSR count). The van der Waals surface area contributed by atoms with Crippen molar-refractivity contribution in [3.8, 4) is 0 Å². The summed E-state index contributed by atoms with van der Waals surface area (Å²) < 4.78 is 12.9. The average molecular weight is 286 g/mol. The number of rotatable bonds is 7. The molecule has 0 spiro atoms. The SMILES string of the molecule is CCN(CC)Cc1ccccc1NCc1ccc(F)cc1. The molecular formula is C18H23FN2. The van der Waals surface area contributed by atoms with Crippen LogP contribution in [0.2, 0.25) is 0 Å². The van der Waals surface area contributed by atoms with Crippen LogP contribution in [0.3, 0.4) is 0 Å². The summed E-state index contributed by atoms with van der Waals surface area (Å²) in [6.45, 7) is 8.09. The van der Waals surface area contributed by atoms with Crippen LogP contribution in [0, 0.1) is 5.82 Å². The highest BCUT2D eigenvalue weighted by atomic mass is 19.1. The molecule has 2 aromatic rings. The van der Waals surface area contributed by atoms with E-state index in [0.29, 0.717) is 6.54 Å². The van der Waals surface area contributed by atoms with Crippen molar-refractivity contribution in [3.63, 3.8) is 0 Å². The molecule has 0 radical (unpaired) electrons. The molecule has 0 amide bonds. The molecule has 0 atom stereocenters. The van der Waals surface area contributed by atoms with E-state index in [4.69, 9.17) is 0 Å². The summed E-state index contributed by atoms with van der Waals surface area (Å²) in [5.74, 6) is -0.194. The normalized spacial score (nSPS) is 10.9. The molecule has 3 heteroatoms. The fourth-order valence-corrected chi connectivity index (χ4v) is 2.32. The van der Waals surface area contributed by atoms with Crippen LogP contribution in [-0.2, 0) is 13.1 Å². The molecule has 2 aromatic carbocycles. The Morgan fingerprint density at radius 3 is 2.29 bits per heavy atom. The van der Waals surface area contributed by atoms with Crippen LogP contribution in [0.25, 0.3) is 0 Å². The van der Waals surface area contributed by atoms with Crippen molar-refractivity contribution in [2.45, 2.75) is 26.9 Å². The molecule has 0 unspecified atom stereocenters. The first-order valence-electron chi connectivity index (χ1n) is 7.51. The highest BCUT2D eigenvalue weighted by Crippen LogP contribution is 2.18. The van der Waals surface area contributed by atoms with Gasteiger partial charge >= 0.3 is 0 Å². The lowest BCUT2D eigenvalue weighted by Gasteiger charge is -2.20. The van der Waals surface area contributed by atoms with Gasteiger partial charge in [0, 0.05) is 18.8 Å². The van der Waals surface area contributed by atoms with Gasteiger partial charge in [-0.15, -0.1) is 0 Å². The lowest BCUT2D eigenvalue weighted by Crippen LogP contribution is -2.22. The zero-order chi connectivity index (χ0) is 15.1. The van der Waals surface area contributed by atoms with E-state index < -0.39 is 0 Å². The minimum Gasteiger partial charge on any atom is -0.381 e. The molecule has 21 heavy (non-hydrogen) atoms. The van der Waals surface area contributed by atoms with Crippen molar-refractivity contribution in [1.82, 2.24) is 4.90 Å². The first-order valence-corrected chi connectivity index (χ1v) is 7.51. The standard InChI is InChI=1S/C18H23FN2/c1-3-21(4-2)14-16-7-5-6-8-18(16)20-13-15-9-11-17(19)12-10-15/h5-12,20H,3-4,13-14H2,1-2H3. The van der Waals surface area contributed by atoms with Crippen molar-refractivity contribution in [1.29, 1.82) is 0 Å². The second kappa shape index (κ2) is 7.79. The second-order valence-corrected chi connectivity index (χ2v) is 5.10. The largest absolute Gasteiger partial charge is 0.381 e. The summed E-state index contributed by atoms with van der Waals surface area (Å²) in [7, 11) is 0. The third-order valence-electron chi connectivity index (χ3n) is 3.70. The number of hydrogen-bond acceptors (Lipinski definition) is 2. The van der Waals surface area contributed by atoms with Crippen molar-refractivity contribution < 1.29 is 4.39 Å². The summed E-state index contributed by atoms with van der Waals surface area (Å²) in [5.41, 5.74) is 3.52. The van der Waals surface area contributed by atoms with E-state index in [1.165, 1.54) is 17.7 Å². The molecule has 0 saturated heterocycles. The first kappa shape index (κ1) is 15.5. The van der Waals surface area contributed by atoms with E-state index in [9.17, 15) is 4.39 Å². The lowest BCUT2D eigenvalue weighted by atomic mass is 10.1. The van der Waals surface area contributed by atoms with Crippen molar-refractivity contribution >= 4 is 5.69 Å². The van der Waals surface area contributed by atoms with Gasteiger partial charge < -0.3 is 5.32 Å². The molecule has 0 fully saturated rings. The number of nitrogens with zero attached hydrogens (tertiary/aromatic N) is 1. The van der Waals surface area contributed by atoms with Gasteiger partial charge in [-0.25, -0.2) is 4.39 Å². The molecule has 112 valence electrons. The highest BCUT2D eigenvalue weighted by molar-refractivity contribution is 5.51. The van der Waals surface area contributed by atoms with Gasteiger partial charge in [0.2, 0.25) is 0 Å². The maximum atomic E-state index is 12.9. The predicted octanol–water partition coefficient (Wildman–Crippen LogP) is 4.28. The number of para-hydroxylation sites is 1. The summed E-state index contributed by atoms with van der Waals surface area (Å²) in [5, 5.41) is 3.45. The number of anilines is 1. The van der Waals surface area contributed by atoms with E-state index in [1.807, 2.05) is 18.2 Å². The van der Waals surface area contributed by atoms with Crippen LogP contribution < -0.4 is 5.32 Å². The Labute approximate surface area is 126 Å². The van der Waals surface area contributed by atoms with E-state index in [0.717, 1.165) is 30.9 Å². The fraction of sp³-hybridized carbons (Fsp3) is 0.333. The van der Waals surface area contributed by atoms with Crippen LogP contribution in [-0.4, -0.2) is 18.0 Å². The number of nitrogens with one attached hydrogen (secondary N) is 1. The first-order chi connectivity index (χ1) is 10.2. The molecule has 0 aromatic heterocycles. The zero-order valence-electron chi connectivity index (χ0n) is 12.8. The van der Waals surface area contributed by atoms with Crippen LogP contribution in [0.4, 0.5) is 10.1 Å². The van der Waals surface area contributed by atoms with Gasteiger partial charge in [-0.2, -0.15) is 0 Å². The summed E-state index contributed by atoms with van der Waals surface area (Å²) >= 11 is 0. The monoisotopic (exact) mass is 286 g/mol. The zero-order valence-corrected chi connectivity index (χ0v) is 12.8. The van der Waals surface area contributed by atoms with Crippen LogP contribution in [0.1, 0.15) is 25.0 Å². The number of halogens is 1. The molecule has 1 N–H and O–H groups in total. The Bertz CT molecular complexity index is 547. The van der Waals surface area contributed by atoms with Gasteiger partial charge in [0.05, 0.1) is 0 Å². The third kappa shape index (κ3) is 4.57. The van der Waals surface area contributed by atoms with Gasteiger partial charge in [-0.3, -0.25) is 4.90 Å². The number of benzene rings is 2. The van der Waals surface area contributed by atoms with Crippen LogP contribution in [0.5, 0.6) is 0 Å². The minimum absolute atomic E-state index is 0.194. The Balaban J connectivity index is 2.04. The summed E-state index contributed by atoms with van der Waals surface area (Å²) in [4.78, 5) is 2.39. The quantitative estimate of drug-likeness (QED) is 0.817. The van der Waals surface area contributed by atoms with Crippen molar-refractivity contribution in [2.24, 2.45) is 0 Å². The topological polar surface area (TPSA) is 15.3 Å². The molecule has 0 saturated carbocycles.